The first-order chi connectivity index (χ1) is 9.11. The van der Waals surface area contributed by atoms with E-state index in [4.69, 9.17) is 9.84 Å². The quantitative estimate of drug-likeness (QED) is 0.737. The van der Waals surface area contributed by atoms with Gasteiger partial charge in [0.1, 0.15) is 5.75 Å². The molecule has 2 N–H and O–H groups in total. The monoisotopic (exact) mass is 263 g/mol. The van der Waals surface area contributed by atoms with Gasteiger partial charge in [-0.15, -0.1) is 0 Å². The van der Waals surface area contributed by atoms with E-state index in [0.29, 0.717) is 5.92 Å². The lowest BCUT2D eigenvalue weighted by atomic mass is 10.1. The molecule has 0 aliphatic heterocycles. The fourth-order valence-corrected chi connectivity index (χ4v) is 2.39. The van der Waals surface area contributed by atoms with Crippen LogP contribution in [-0.4, -0.2) is 31.3 Å². The van der Waals surface area contributed by atoms with Gasteiger partial charge >= 0.3 is 5.97 Å². The van der Waals surface area contributed by atoms with Crippen molar-refractivity contribution in [1.29, 1.82) is 0 Å². The molecule has 1 aromatic rings. The number of carbonyl (C=O) groups is 1. The van der Waals surface area contributed by atoms with Gasteiger partial charge in [-0.05, 0) is 56.0 Å². The van der Waals surface area contributed by atoms with E-state index in [1.807, 2.05) is 13.0 Å². The summed E-state index contributed by atoms with van der Waals surface area (Å²) in [5.74, 6) is 0.474. The highest BCUT2D eigenvalue weighted by molar-refractivity contribution is 5.73. The topological polar surface area (TPSA) is 58.6 Å². The van der Waals surface area contributed by atoms with Crippen LogP contribution >= 0.6 is 0 Å². The normalized spacial score (nSPS) is 21.2. The van der Waals surface area contributed by atoms with Gasteiger partial charge in [0.2, 0.25) is 0 Å². The number of carboxylic acids is 1. The van der Waals surface area contributed by atoms with Crippen molar-refractivity contribution in [3.05, 3.63) is 29.3 Å². The average molecular weight is 263 g/mol. The van der Waals surface area contributed by atoms with E-state index in [2.05, 4.69) is 17.4 Å². The average Bonchev–Trinajstić information content (AvgIpc) is 3.14. The highest BCUT2D eigenvalue weighted by Crippen LogP contribution is 2.37. The van der Waals surface area contributed by atoms with E-state index in [1.54, 1.807) is 7.11 Å². The molecular formula is C15H21NO3. The molecule has 104 valence electrons. The zero-order valence-electron chi connectivity index (χ0n) is 11.5. The number of ether oxygens (including phenoxy) is 1. The summed E-state index contributed by atoms with van der Waals surface area (Å²) >= 11 is 0. The van der Waals surface area contributed by atoms with Gasteiger partial charge in [-0.1, -0.05) is 12.1 Å². The summed E-state index contributed by atoms with van der Waals surface area (Å²) in [5, 5.41) is 12.1. The van der Waals surface area contributed by atoms with Crippen molar-refractivity contribution in [2.24, 2.45) is 11.8 Å². The second kappa shape index (κ2) is 6.06. The van der Waals surface area contributed by atoms with Crippen molar-refractivity contribution >= 4 is 5.97 Å². The van der Waals surface area contributed by atoms with Crippen molar-refractivity contribution in [3.8, 4) is 5.75 Å². The van der Waals surface area contributed by atoms with Crippen LogP contribution in [0.25, 0.3) is 0 Å². The Morgan fingerprint density at radius 1 is 1.53 bits per heavy atom. The Morgan fingerprint density at radius 2 is 2.32 bits per heavy atom. The van der Waals surface area contributed by atoms with Crippen LogP contribution in [0.3, 0.4) is 0 Å². The molecule has 2 atom stereocenters. The minimum absolute atomic E-state index is 0.115. The van der Waals surface area contributed by atoms with Crippen LogP contribution in [0.2, 0.25) is 0 Å². The summed E-state index contributed by atoms with van der Waals surface area (Å²) in [6, 6.07) is 6.20. The Labute approximate surface area is 113 Å². The molecule has 2 unspecified atom stereocenters. The van der Waals surface area contributed by atoms with Crippen LogP contribution < -0.4 is 10.1 Å². The Balaban J connectivity index is 1.69. The van der Waals surface area contributed by atoms with Crippen LogP contribution in [-0.2, 0) is 11.2 Å². The number of methoxy groups -OCH3 is 1. The van der Waals surface area contributed by atoms with Crippen LogP contribution in [0, 0.1) is 18.8 Å². The van der Waals surface area contributed by atoms with Gasteiger partial charge in [0.05, 0.1) is 13.0 Å². The Hall–Kier alpha value is -1.55. The highest BCUT2D eigenvalue weighted by Gasteiger charge is 2.42. The zero-order valence-corrected chi connectivity index (χ0v) is 11.5. The predicted molar refractivity (Wildman–Crippen MR) is 73.5 cm³/mol. The Kier molecular flexibility index (Phi) is 4.43. The number of carboxylic acid groups (broad SMARTS) is 1. The molecule has 0 spiro atoms. The van der Waals surface area contributed by atoms with Gasteiger partial charge in [0, 0.05) is 0 Å². The summed E-state index contributed by atoms with van der Waals surface area (Å²) in [6.45, 7) is 3.73. The molecule has 4 nitrogen and oxygen atoms in total. The maximum atomic E-state index is 10.7. The molecule has 0 amide bonds. The maximum absolute atomic E-state index is 10.7. The Bertz CT molecular complexity index is 459. The van der Waals surface area contributed by atoms with E-state index in [9.17, 15) is 4.79 Å². The van der Waals surface area contributed by atoms with Crippen molar-refractivity contribution < 1.29 is 14.6 Å². The summed E-state index contributed by atoms with van der Waals surface area (Å²) in [5.41, 5.74) is 2.42. The third-order valence-electron chi connectivity index (χ3n) is 3.70. The third kappa shape index (κ3) is 3.70. The standard InChI is InChI=1S/C15H21NO3/c1-10-7-11(3-4-14(10)19-2)5-6-16-9-12-8-13(12)15(17)18/h3-4,7,12-13,16H,5-6,8-9H2,1-2H3,(H,17,18). The van der Waals surface area contributed by atoms with Crippen molar-refractivity contribution in [3.63, 3.8) is 0 Å². The molecule has 0 aromatic heterocycles. The fourth-order valence-electron chi connectivity index (χ4n) is 2.39. The zero-order chi connectivity index (χ0) is 13.8. The molecule has 1 fully saturated rings. The largest absolute Gasteiger partial charge is 0.496 e. The molecule has 1 aliphatic rings. The lowest BCUT2D eigenvalue weighted by molar-refractivity contribution is -0.138. The first kappa shape index (κ1) is 13.9. The van der Waals surface area contributed by atoms with E-state index >= 15 is 0 Å². The third-order valence-corrected chi connectivity index (χ3v) is 3.70. The SMILES string of the molecule is COc1ccc(CCNCC2CC2C(=O)O)cc1C. The van der Waals surface area contributed by atoms with Gasteiger partial charge in [-0.3, -0.25) is 4.79 Å². The van der Waals surface area contributed by atoms with Gasteiger partial charge in [0.25, 0.3) is 0 Å². The molecule has 0 heterocycles. The van der Waals surface area contributed by atoms with Gasteiger partial charge in [0.15, 0.2) is 0 Å². The predicted octanol–water partition coefficient (Wildman–Crippen LogP) is 1.86. The molecule has 0 saturated heterocycles. The number of nitrogens with one attached hydrogen (secondary N) is 1. The molecule has 2 rings (SSSR count). The highest BCUT2D eigenvalue weighted by atomic mass is 16.5. The molecule has 1 aliphatic carbocycles. The number of aliphatic carboxylic acids is 1. The molecular weight excluding hydrogens is 242 g/mol. The number of hydrogen-bond donors (Lipinski definition) is 2. The molecule has 4 heteroatoms. The number of rotatable bonds is 7. The van der Waals surface area contributed by atoms with Gasteiger partial charge in [-0.25, -0.2) is 0 Å². The second-order valence-electron chi connectivity index (χ2n) is 5.20. The Morgan fingerprint density at radius 3 is 2.89 bits per heavy atom. The van der Waals surface area contributed by atoms with E-state index in [0.717, 1.165) is 37.2 Å². The molecule has 0 bridgehead atoms. The lowest BCUT2D eigenvalue weighted by Gasteiger charge is -2.08. The minimum Gasteiger partial charge on any atom is -0.496 e. The van der Waals surface area contributed by atoms with E-state index < -0.39 is 5.97 Å². The summed E-state index contributed by atoms with van der Waals surface area (Å²) in [4.78, 5) is 10.7. The number of hydrogen-bond acceptors (Lipinski definition) is 3. The summed E-state index contributed by atoms with van der Waals surface area (Å²) in [6.07, 6.45) is 1.78. The second-order valence-corrected chi connectivity index (χ2v) is 5.20. The van der Waals surface area contributed by atoms with Gasteiger partial charge in [-0.2, -0.15) is 0 Å². The van der Waals surface area contributed by atoms with E-state index in [1.165, 1.54) is 5.56 Å². The minimum atomic E-state index is -0.655. The summed E-state index contributed by atoms with van der Waals surface area (Å²) in [7, 11) is 1.68. The van der Waals surface area contributed by atoms with Crippen molar-refractivity contribution in [1.82, 2.24) is 5.32 Å². The number of benzene rings is 1. The first-order valence-electron chi connectivity index (χ1n) is 6.69. The van der Waals surface area contributed by atoms with Crippen LogP contribution in [0.15, 0.2) is 18.2 Å². The van der Waals surface area contributed by atoms with Crippen molar-refractivity contribution in [2.75, 3.05) is 20.2 Å². The molecule has 1 aromatic carbocycles. The van der Waals surface area contributed by atoms with Crippen LogP contribution in [0.5, 0.6) is 5.75 Å². The maximum Gasteiger partial charge on any atom is 0.306 e. The van der Waals surface area contributed by atoms with Gasteiger partial charge < -0.3 is 15.2 Å². The summed E-state index contributed by atoms with van der Waals surface area (Å²) < 4.78 is 5.23. The molecule has 0 radical (unpaired) electrons. The molecule has 1 saturated carbocycles. The van der Waals surface area contributed by atoms with Crippen LogP contribution in [0.4, 0.5) is 0 Å². The van der Waals surface area contributed by atoms with E-state index in [-0.39, 0.29) is 5.92 Å². The first-order valence-corrected chi connectivity index (χ1v) is 6.69. The smallest absolute Gasteiger partial charge is 0.306 e. The van der Waals surface area contributed by atoms with Crippen molar-refractivity contribution in [2.45, 2.75) is 19.8 Å². The number of aryl methyl sites for hydroxylation is 1. The fraction of sp³-hybridized carbons (Fsp3) is 0.533. The lowest BCUT2D eigenvalue weighted by Crippen LogP contribution is -2.21. The van der Waals surface area contributed by atoms with Crippen LogP contribution in [0.1, 0.15) is 17.5 Å². The molecule has 19 heavy (non-hydrogen) atoms.